The maximum absolute atomic E-state index is 12.2. The summed E-state index contributed by atoms with van der Waals surface area (Å²) in [4.78, 5) is 24.9. The monoisotopic (exact) mass is 298 g/mol. The fourth-order valence-corrected chi connectivity index (χ4v) is 3.01. The molecule has 21 heavy (non-hydrogen) atoms. The van der Waals surface area contributed by atoms with Crippen molar-refractivity contribution in [2.24, 2.45) is 23.7 Å². The lowest BCUT2D eigenvalue weighted by molar-refractivity contribution is -0.138. The molecule has 0 aromatic carbocycles. The highest BCUT2D eigenvalue weighted by Crippen LogP contribution is 2.23. The van der Waals surface area contributed by atoms with E-state index in [1.54, 1.807) is 0 Å². The van der Waals surface area contributed by atoms with E-state index in [-0.39, 0.29) is 18.4 Å². The van der Waals surface area contributed by atoms with Gasteiger partial charge in [-0.25, -0.2) is 4.79 Å². The molecule has 0 bridgehead atoms. The number of carboxylic acid groups (broad SMARTS) is 1. The minimum Gasteiger partial charge on any atom is -0.481 e. The van der Waals surface area contributed by atoms with Gasteiger partial charge in [-0.3, -0.25) is 4.79 Å². The van der Waals surface area contributed by atoms with Crippen LogP contribution in [-0.2, 0) is 4.79 Å². The Bertz CT molecular complexity index is 355. The maximum atomic E-state index is 12.2. The van der Waals surface area contributed by atoms with Crippen molar-refractivity contribution in [2.45, 2.75) is 47.0 Å². The molecule has 0 saturated carbocycles. The van der Waals surface area contributed by atoms with E-state index in [0.29, 0.717) is 24.3 Å². The maximum Gasteiger partial charge on any atom is 0.317 e. The molecule has 1 aliphatic rings. The SMILES string of the molecule is CC(C)C[C@H](CNC(=O)N1CCC(C(C)C)C1)CC(=O)O. The average Bonchev–Trinajstić information content (AvgIpc) is 2.83. The Morgan fingerprint density at radius 1 is 1.29 bits per heavy atom. The highest BCUT2D eigenvalue weighted by Gasteiger charge is 2.28. The van der Waals surface area contributed by atoms with Crippen molar-refractivity contribution in [3.63, 3.8) is 0 Å². The number of hydrogen-bond acceptors (Lipinski definition) is 2. The van der Waals surface area contributed by atoms with Gasteiger partial charge in [0, 0.05) is 26.1 Å². The van der Waals surface area contributed by atoms with Gasteiger partial charge in [-0.15, -0.1) is 0 Å². The van der Waals surface area contributed by atoms with Gasteiger partial charge >= 0.3 is 12.0 Å². The molecule has 0 spiro atoms. The van der Waals surface area contributed by atoms with E-state index in [1.165, 1.54) is 0 Å². The number of nitrogens with one attached hydrogen (secondary N) is 1. The van der Waals surface area contributed by atoms with E-state index in [4.69, 9.17) is 5.11 Å². The van der Waals surface area contributed by atoms with Crippen molar-refractivity contribution in [3.8, 4) is 0 Å². The molecule has 5 nitrogen and oxygen atoms in total. The number of rotatable bonds is 7. The van der Waals surface area contributed by atoms with Crippen molar-refractivity contribution in [1.29, 1.82) is 0 Å². The summed E-state index contributed by atoms with van der Waals surface area (Å²) in [5.74, 6) is 0.832. The largest absolute Gasteiger partial charge is 0.481 e. The van der Waals surface area contributed by atoms with Crippen molar-refractivity contribution in [3.05, 3.63) is 0 Å². The van der Waals surface area contributed by atoms with Gasteiger partial charge in [0.05, 0.1) is 0 Å². The topological polar surface area (TPSA) is 69.6 Å². The summed E-state index contributed by atoms with van der Waals surface area (Å²) in [6.07, 6.45) is 2.00. The number of likely N-dealkylation sites (tertiary alicyclic amines) is 1. The van der Waals surface area contributed by atoms with Crippen LogP contribution in [0.15, 0.2) is 0 Å². The van der Waals surface area contributed by atoms with Crippen molar-refractivity contribution >= 4 is 12.0 Å². The van der Waals surface area contributed by atoms with Crippen LogP contribution < -0.4 is 5.32 Å². The fraction of sp³-hybridized carbons (Fsp3) is 0.875. The standard InChI is InChI=1S/C16H30N2O3/c1-11(2)7-13(8-15(19)20)9-17-16(21)18-6-5-14(10-18)12(3)4/h11-14H,5-10H2,1-4H3,(H,17,21)(H,19,20)/t13-,14?/m0/s1. The van der Waals surface area contributed by atoms with E-state index in [9.17, 15) is 9.59 Å². The second-order valence-corrected chi connectivity index (χ2v) is 7.02. The quantitative estimate of drug-likeness (QED) is 0.759. The van der Waals surface area contributed by atoms with Crippen LogP contribution in [0.25, 0.3) is 0 Å². The number of urea groups is 1. The van der Waals surface area contributed by atoms with E-state index in [0.717, 1.165) is 25.9 Å². The molecule has 2 N–H and O–H groups in total. The van der Waals surface area contributed by atoms with Crippen LogP contribution in [0, 0.1) is 23.7 Å². The molecule has 1 heterocycles. The summed E-state index contributed by atoms with van der Waals surface area (Å²) < 4.78 is 0. The molecule has 2 atom stereocenters. The Balaban J connectivity index is 2.41. The lowest BCUT2D eigenvalue weighted by Gasteiger charge is -2.22. The van der Waals surface area contributed by atoms with Crippen molar-refractivity contribution < 1.29 is 14.7 Å². The Labute approximate surface area is 128 Å². The zero-order chi connectivity index (χ0) is 16.0. The first-order chi connectivity index (χ1) is 9.79. The van der Waals surface area contributed by atoms with Gasteiger partial charge in [0.15, 0.2) is 0 Å². The summed E-state index contributed by atoms with van der Waals surface area (Å²) >= 11 is 0. The van der Waals surface area contributed by atoms with Crippen LogP contribution in [-0.4, -0.2) is 41.6 Å². The van der Waals surface area contributed by atoms with Crippen LogP contribution in [0.2, 0.25) is 0 Å². The Morgan fingerprint density at radius 2 is 1.95 bits per heavy atom. The molecule has 1 rings (SSSR count). The highest BCUT2D eigenvalue weighted by molar-refractivity contribution is 5.74. The van der Waals surface area contributed by atoms with Gasteiger partial charge in [0.25, 0.3) is 0 Å². The van der Waals surface area contributed by atoms with E-state index in [2.05, 4.69) is 33.0 Å². The first-order valence-electron chi connectivity index (χ1n) is 8.04. The Kier molecular flexibility index (Phi) is 6.99. The average molecular weight is 298 g/mol. The molecule has 0 aliphatic carbocycles. The van der Waals surface area contributed by atoms with Gasteiger partial charge in [0.2, 0.25) is 0 Å². The number of nitrogens with zero attached hydrogens (tertiary/aromatic N) is 1. The highest BCUT2D eigenvalue weighted by atomic mass is 16.4. The molecular formula is C16H30N2O3. The Morgan fingerprint density at radius 3 is 2.43 bits per heavy atom. The zero-order valence-corrected chi connectivity index (χ0v) is 13.8. The molecule has 1 fully saturated rings. The first kappa shape index (κ1) is 17.8. The van der Waals surface area contributed by atoms with Crippen molar-refractivity contribution in [1.82, 2.24) is 10.2 Å². The number of carbonyl (C=O) groups excluding carboxylic acids is 1. The van der Waals surface area contributed by atoms with Crippen LogP contribution in [0.3, 0.4) is 0 Å². The van der Waals surface area contributed by atoms with Crippen LogP contribution >= 0.6 is 0 Å². The zero-order valence-electron chi connectivity index (χ0n) is 13.8. The lowest BCUT2D eigenvalue weighted by atomic mass is 9.94. The molecule has 122 valence electrons. The minimum atomic E-state index is -0.795. The molecule has 0 aromatic rings. The molecule has 2 amide bonds. The Hall–Kier alpha value is -1.26. The molecule has 1 aliphatic heterocycles. The lowest BCUT2D eigenvalue weighted by Crippen LogP contribution is -2.41. The predicted molar refractivity (Wildman–Crippen MR) is 83.1 cm³/mol. The number of aliphatic carboxylic acids is 1. The van der Waals surface area contributed by atoms with Gasteiger partial charge in [-0.1, -0.05) is 27.7 Å². The third-order valence-corrected chi connectivity index (χ3v) is 4.26. The normalized spacial score (nSPS) is 20.1. The smallest absolute Gasteiger partial charge is 0.317 e. The number of carbonyl (C=O) groups is 2. The third kappa shape index (κ3) is 6.36. The summed E-state index contributed by atoms with van der Waals surface area (Å²) in [7, 11) is 0. The molecule has 0 aromatic heterocycles. The van der Waals surface area contributed by atoms with Gasteiger partial charge in [-0.05, 0) is 36.5 Å². The van der Waals surface area contributed by atoms with Gasteiger partial charge in [0.1, 0.15) is 0 Å². The second-order valence-electron chi connectivity index (χ2n) is 7.02. The summed E-state index contributed by atoms with van der Waals surface area (Å²) in [5.41, 5.74) is 0. The molecule has 1 saturated heterocycles. The van der Waals surface area contributed by atoms with Gasteiger partial charge < -0.3 is 15.3 Å². The van der Waals surface area contributed by atoms with Crippen LogP contribution in [0.1, 0.15) is 47.0 Å². The first-order valence-corrected chi connectivity index (χ1v) is 8.04. The summed E-state index contributed by atoms with van der Waals surface area (Å²) in [6, 6.07) is -0.0442. The summed E-state index contributed by atoms with van der Waals surface area (Å²) in [5, 5.41) is 11.9. The van der Waals surface area contributed by atoms with E-state index in [1.807, 2.05) is 4.90 Å². The van der Waals surface area contributed by atoms with Crippen LogP contribution in [0.5, 0.6) is 0 Å². The second kappa shape index (κ2) is 8.25. The molecule has 1 unspecified atom stereocenters. The minimum absolute atomic E-state index is 0.00921. The number of carboxylic acids is 1. The van der Waals surface area contributed by atoms with Gasteiger partial charge in [-0.2, -0.15) is 0 Å². The van der Waals surface area contributed by atoms with Crippen LogP contribution in [0.4, 0.5) is 4.79 Å². The third-order valence-electron chi connectivity index (χ3n) is 4.26. The van der Waals surface area contributed by atoms with Crippen molar-refractivity contribution in [2.75, 3.05) is 19.6 Å². The number of amides is 2. The molecule has 0 radical (unpaired) electrons. The fourth-order valence-electron chi connectivity index (χ4n) is 3.01. The predicted octanol–water partition coefficient (Wildman–Crippen LogP) is 2.81. The molecule has 5 heteroatoms. The summed E-state index contributed by atoms with van der Waals surface area (Å²) in [6.45, 7) is 10.6. The molecular weight excluding hydrogens is 268 g/mol. The van der Waals surface area contributed by atoms with E-state index >= 15 is 0 Å². The number of hydrogen-bond donors (Lipinski definition) is 2. The van der Waals surface area contributed by atoms with E-state index < -0.39 is 5.97 Å².